The number of aromatic nitrogens is 2. The number of benzene rings is 1. The molecule has 4 nitrogen and oxygen atoms in total. The molecule has 0 aliphatic heterocycles. The van der Waals surface area contributed by atoms with Crippen LogP contribution in [0.3, 0.4) is 0 Å². The zero-order chi connectivity index (χ0) is 14.5. The average Bonchev–Trinajstić information content (AvgIpc) is 2.42. The van der Waals surface area contributed by atoms with Crippen LogP contribution in [-0.2, 0) is 6.42 Å². The summed E-state index contributed by atoms with van der Waals surface area (Å²) >= 11 is 1.43. The molecule has 1 heterocycles. The first-order valence-corrected chi connectivity index (χ1v) is 7.07. The van der Waals surface area contributed by atoms with Crippen molar-refractivity contribution in [2.75, 3.05) is 11.5 Å². The van der Waals surface area contributed by atoms with E-state index in [0.29, 0.717) is 16.4 Å². The Morgan fingerprint density at radius 2 is 2.10 bits per heavy atom. The number of hydrogen-bond donors (Lipinski definition) is 1. The second kappa shape index (κ2) is 6.35. The van der Waals surface area contributed by atoms with Gasteiger partial charge in [-0.25, -0.2) is 14.4 Å². The van der Waals surface area contributed by atoms with E-state index in [1.54, 1.807) is 18.2 Å². The lowest BCUT2D eigenvalue weighted by atomic mass is 10.1. The van der Waals surface area contributed by atoms with E-state index >= 15 is 0 Å². The summed E-state index contributed by atoms with van der Waals surface area (Å²) in [6, 6.07) is 8.41. The number of nitrogens with two attached hydrogens (primary N) is 1. The molecule has 0 aliphatic carbocycles. The number of nitrogen functional groups attached to an aromatic ring is 1. The van der Waals surface area contributed by atoms with E-state index in [0.717, 1.165) is 5.75 Å². The standard InChI is InChI=1S/C14H13FN4S/c1-2-20-14-18-12(10(8-16)13(17)19-14)7-9-5-3-4-6-11(9)15/h3-6H,2,7H2,1H3,(H2,17,18,19). The van der Waals surface area contributed by atoms with Crippen molar-refractivity contribution in [3.8, 4) is 6.07 Å². The molecule has 0 saturated carbocycles. The van der Waals surface area contributed by atoms with Crippen molar-refractivity contribution in [1.82, 2.24) is 9.97 Å². The van der Waals surface area contributed by atoms with Gasteiger partial charge in [0.05, 0.1) is 5.69 Å². The van der Waals surface area contributed by atoms with E-state index < -0.39 is 0 Å². The van der Waals surface area contributed by atoms with Crippen LogP contribution >= 0.6 is 11.8 Å². The molecule has 0 atom stereocenters. The SMILES string of the molecule is CCSc1nc(N)c(C#N)c(Cc2ccccc2F)n1. The van der Waals surface area contributed by atoms with Crippen LogP contribution in [0.5, 0.6) is 0 Å². The molecule has 1 aromatic carbocycles. The first-order chi connectivity index (χ1) is 9.65. The molecular weight excluding hydrogens is 275 g/mol. The first-order valence-electron chi connectivity index (χ1n) is 6.08. The summed E-state index contributed by atoms with van der Waals surface area (Å²) in [7, 11) is 0. The minimum Gasteiger partial charge on any atom is -0.382 e. The summed E-state index contributed by atoms with van der Waals surface area (Å²) < 4.78 is 13.7. The molecule has 0 amide bonds. The first kappa shape index (κ1) is 14.3. The van der Waals surface area contributed by atoms with E-state index in [1.165, 1.54) is 17.8 Å². The predicted molar refractivity (Wildman–Crippen MR) is 76.8 cm³/mol. The van der Waals surface area contributed by atoms with Crippen LogP contribution in [0.1, 0.15) is 23.7 Å². The molecular formula is C14H13FN4S. The van der Waals surface area contributed by atoms with Crippen molar-refractivity contribution in [2.45, 2.75) is 18.5 Å². The van der Waals surface area contributed by atoms with Crippen LogP contribution < -0.4 is 5.73 Å². The summed E-state index contributed by atoms with van der Waals surface area (Å²) in [4.78, 5) is 8.38. The van der Waals surface area contributed by atoms with Crippen molar-refractivity contribution in [3.63, 3.8) is 0 Å². The molecule has 2 aromatic rings. The molecule has 0 unspecified atom stereocenters. The largest absolute Gasteiger partial charge is 0.382 e. The fourth-order valence-corrected chi connectivity index (χ4v) is 2.36. The summed E-state index contributed by atoms with van der Waals surface area (Å²) in [6.45, 7) is 1.97. The Bertz CT molecular complexity index is 667. The highest BCUT2D eigenvalue weighted by molar-refractivity contribution is 7.99. The summed E-state index contributed by atoms with van der Waals surface area (Å²) in [5.41, 5.74) is 6.93. The third-order valence-corrected chi connectivity index (χ3v) is 3.42. The predicted octanol–water partition coefficient (Wildman–Crippen LogP) is 2.77. The van der Waals surface area contributed by atoms with Gasteiger partial charge >= 0.3 is 0 Å². The van der Waals surface area contributed by atoms with Gasteiger partial charge < -0.3 is 5.73 Å². The third-order valence-electron chi connectivity index (χ3n) is 2.69. The van der Waals surface area contributed by atoms with Crippen molar-refractivity contribution >= 4 is 17.6 Å². The minimum atomic E-state index is -0.321. The Balaban J connectivity index is 2.44. The number of hydrogen-bond acceptors (Lipinski definition) is 5. The van der Waals surface area contributed by atoms with Gasteiger partial charge in [-0.3, -0.25) is 0 Å². The van der Waals surface area contributed by atoms with Gasteiger partial charge in [0, 0.05) is 6.42 Å². The Labute approximate surface area is 120 Å². The number of thioether (sulfide) groups is 1. The lowest BCUT2D eigenvalue weighted by Gasteiger charge is -2.08. The van der Waals surface area contributed by atoms with Crippen molar-refractivity contribution in [1.29, 1.82) is 5.26 Å². The van der Waals surface area contributed by atoms with E-state index in [2.05, 4.69) is 9.97 Å². The van der Waals surface area contributed by atoms with Gasteiger partial charge in [-0.2, -0.15) is 5.26 Å². The van der Waals surface area contributed by atoms with Crippen LogP contribution in [0.15, 0.2) is 29.4 Å². The summed E-state index contributed by atoms with van der Waals surface area (Å²) in [6.07, 6.45) is 0.222. The number of rotatable bonds is 4. The van der Waals surface area contributed by atoms with Crippen molar-refractivity contribution < 1.29 is 4.39 Å². The van der Waals surface area contributed by atoms with Crippen molar-refractivity contribution in [2.24, 2.45) is 0 Å². The zero-order valence-corrected chi connectivity index (χ0v) is 11.7. The molecule has 6 heteroatoms. The molecule has 0 aliphatic rings. The lowest BCUT2D eigenvalue weighted by Crippen LogP contribution is -2.06. The maximum absolute atomic E-state index is 13.7. The van der Waals surface area contributed by atoms with Crippen LogP contribution in [0.25, 0.3) is 0 Å². The molecule has 1 aromatic heterocycles. The van der Waals surface area contributed by atoms with E-state index in [4.69, 9.17) is 11.0 Å². The maximum atomic E-state index is 13.7. The number of nitriles is 1. The monoisotopic (exact) mass is 288 g/mol. The van der Waals surface area contributed by atoms with E-state index in [1.807, 2.05) is 13.0 Å². The normalized spacial score (nSPS) is 10.2. The fourth-order valence-electron chi connectivity index (χ4n) is 1.77. The Morgan fingerprint density at radius 3 is 2.75 bits per heavy atom. The Kier molecular flexibility index (Phi) is 4.53. The molecule has 0 bridgehead atoms. The second-order valence-corrected chi connectivity index (χ2v) is 5.26. The topological polar surface area (TPSA) is 75.6 Å². The maximum Gasteiger partial charge on any atom is 0.189 e. The molecule has 102 valence electrons. The van der Waals surface area contributed by atoms with Gasteiger partial charge in [0.25, 0.3) is 0 Å². The average molecular weight is 288 g/mol. The molecule has 2 rings (SSSR count). The van der Waals surface area contributed by atoms with E-state index in [-0.39, 0.29) is 23.6 Å². The summed E-state index contributed by atoms with van der Waals surface area (Å²) in [5, 5.41) is 9.67. The Morgan fingerprint density at radius 1 is 1.35 bits per heavy atom. The number of nitrogens with zero attached hydrogens (tertiary/aromatic N) is 3. The fraction of sp³-hybridized carbons (Fsp3) is 0.214. The molecule has 0 radical (unpaired) electrons. The van der Waals surface area contributed by atoms with Gasteiger partial charge in [-0.15, -0.1) is 0 Å². The van der Waals surface area contributed by atoms with Gasteiger partial charge in [0.2, 0.25) is 0 Å². The molecule has 0 saturated heterocycles. The lowest BCUT2D eigenvalue weighted by molar-refractivity contribution is 0.612. The van der Waals surface area contributed by atoms with Crippen LogP contribution in [-0.4, -0.2) is 15.7 Å². The van der Waals surface area contributed by atoms with Gasteiger partial charge in [-0.1, -0.05) is 36.9 Å². The zero-order valence-electron chi connectivity index (χ0n) is 10.9. The van der Waals surface area contributed by atoms with E-state index in [9.17, 15) is 4.39 Å². The molecule has 0 spiro atoms. The van der Waals surface area contributed by atoms with Crippen LogP contribution in [0, 0.1) is 17.1 Å². The highest BCUT2D eigenvalue weighted by Gasteiger charge is 2.14. The molecule has 0 fully saturated rings. The van der Waals surface area contributed by atoms with Crippen LogP contribution in [0.2, 0.25) is 0 Å². The smallest absolute Gasteiger partial charge is 0.189 e. The highest BCUT2D eigenvalue weighted by atomic mass is 32.2. The van der Waals surface area contributed by atoms with Crippen molar-refractivity contribution in [3.05, 3.63) is 46.9 Å². The number of anilines is 1. The molecule has 2 N–H and O–H groups in total. The Hall–Kier alpha value is -2.13. The molecule has 20 heavy (non-hydrogen) atoms. The van der Waals surface area contributed by atoms with Gasteiger partial charge in [0.15, 0.2) is 5.16 Å². The third kappa shape index (κ3) is 3.06. The number of halogens is 1. The quantitative estimate of drug-likeness (QED) is 0.691. The summed E-state index contributed by atoms with van der Waals surface area (Å²) in [5.74, 6) is 0.618. The van der Waals surface area contributed by atoms with Crippen LogP contribution in [0.4, 0.5) is 10.2 Å². The van der Waals surface area contributed by atoms with Gasteiger partial charge in [0.1, 0.15) is 23.3 Å². The second-order valence-electron chi connectivity index (χ2n) is 4.03. The highest BCUT2D eigenvalue weighted by Crippen LogP contribution is 2.22. The van der Waals surface area contributed by atoms with Gasteiger partial charge in [-0.05, 0) is 17.4 Å². The minimum absolute atomic E-state index is 0.143.